The van der Waals surface area contributed by atoms with Crippen LogP contribution < -0.4 is 0 Å². The fourth-order valence-electron chi connectivity index (χ4n) is 1.43. The van der Waals surface area contributed by atoms with Gasteiger partial charge in [0, 0.05) is 5.25 Å². The molecule has 0 amide bonds. The molecule has 0 aromatic rings. The first-order chi connectivity index (χ1) is 5.70. The molecule has 1 saturated heterocycles. The maximum atomic E-state index is 10.5. The highest BCUT2D eigenvalue weighted by Gasteiger charge is 2.18. The second-order valence-corrected chi connectivity index (χ2v) is 4.86. The van der Waals surface area contributed by atoms with Crippen molar-refractivity contribution in [2.75, 3.05) is 5.75 Å². The van der Waals surface area contributed by atoms with Crippen molar-refractivity contribution in [1.82, 2.24) is 0 Å². The van der Waals surface area contributed by atoms with Crippen LogP contribution in [0.15, 0.2) is 0 Å². The van der Waals surface area contributed by atoms with Crippen LogP contribution in [0.5, 0.6) is 0 Å². The van der Waals surface area contributed by atoms with E-state index >= 15 is 0 Å². The van der Waals surface area contributed by atoms with Gasteiger partial charge in [-0.2, -0.15) is 11.8 Å². The molecule has 1 N–H and O–H groups in total. The molecule has 12 heavy (non-hydrogen) atoms. The summed E-state index contributed by atoms with van der Waals surface area (Å²) in [7, 11) is 0. The van der Waals surface area contributed by atoms with E-state index in [2.05, 4.69) is 0 Å². The lowest BCUT2D eigenvalue weighted by atomic mass is 10.0. The van der Waals surface area contributed by atoms with Crippen LogP contribution >= 0.6 is 11.8 Å². The minimum Gasteiger partial charge on any atom is -0.481 e. The number of carboxylic acid groups (broad SMARTS) is 1. The summed E-state index contributed by atoms with van der Waals surface area (Å²) in [6.07, 6.45) is 4.53. The SMILES string of the molecule is C[C@@H](CCC1CCCS1)C(=O)O. The molecule has 70 valence electrons. The normalized spacial score (nSPS) is 25.6. The molecule has 0 saturated carbocycles. The zero-order chi connectivity index (χ0) is 8.97. The lowest BCUT2D eigenvalue weighted by Crippen LogP contribution is -2.11. The minimum absolute atomic E-state index is 0.161. The van der Waals surface area contributed by atoms with Crippen LogP contribution in [-0.4, -0.2) is 22.1 Å². The standard InChI is InChI=1S/C9H16O2S/c1-7(9(10)11)4-5-8-3-2-6-12-8/h7-8H,2-6H2,1H3,(H,10,11)/t7-,8?/m0/s1. The first-order valence-electron chi connectivity index (χ1n) is 4.54. The van der Waals surface area contributed by atoms with Gasteiger partial charge in [-0.05, 0) is 31.4 Å². The predicted octanol–water partition coefficient (Wildman–Crippen LogP) is 2.38. The Labute approximate surface area is 77.7 Å². The number of carbonyl (C=O) groups is 1. The van der Waals surface area contributed by atoms with Gasteiger partial charge in [-0.15, -0.1) is 0 Å². The third-order valence-electron chi connectivity index (χ3n) is 2.37. The van der Waals surface area contributed by atoms with Crippen LogP contribution in [0.2, 0.25) is 0 Å². The summed E-state index contributed by atoms with van der Waals surface area (Å²) >= 11 is 2.00. The fourth-order valence-corrected chi connectivity index (χ4v) is 2.73. The van der Waals surface area contributed by atoms with Crippen molar-refractivity contribution in [2.45, 2.75) is 37.9 Å². The second-order valence-electron chi connectivity index (χ2n) is 3.45. The number of rotatable bonds is 4. The molecule has 1 aliphatic rings. The van der Waals surface area contributed by atoms with E-state index in [9.17, 15) is 4.79 Å². The lowest BCUT2D eigenvalue weighted by Gasteiger charge is -2.09. The van der Waals surface area contributed by atoms with Gasteiger partial charge in [0.05, 0.1) is 5.92 Å². The third kappa shape index (κ3) is 3.05. The van der Waals surface area contributed by atoms with E-state index in [1.807, 2.05) is 11.8 Å². The Morgan fingerprint density at radius 1 is 1.75 bits per heavy atom. The summed E-state index contributed by atoms with van der Waals surface area (Å²) in [5.41, 5.74) is 0. The first kappa shape index (κ1) is 9.90. The van der Waals surface area contributed by atoms with E-state index in [0.717, 1.165) is 18.1 Å². The van der Waals surface area contributed by atoms with E-state index < -0.39 is 5.97 Å². The molecule has 0 aromatic heterocycles. The summed E-state index contributed by atoms with van der Waals surface area (Å²) in [5, 5.41) is 9.39. The zero-order valence-corrected chi connectivity index (χ0v) is 8.27. The van der Waals surface area contributed by atoms with Crippen LogP contribution in [-0.2, 0) is 4.79 Å². The largest absolute Gasteiger partial charge is 0.481 e. The number of carboxylic acids is 1. The van der Waals surface area contributed by atoms with Crippen molar-refractivity contribution in [1.29, 1.82) is 0 Å². The van der Waals surface area contributed by atoms with Crippen molar-refractivity contribution >= 4 is 17.7 Å². The Bertz CT molecular complexity index is 153. The van der Waals surface area contributed by atoms with Gasteiger partial charge in [-0.3, -0.25) is 4.79 Å². The molecular formula is C9H16O2S. The summed E-state index contributed by atoms with van der Waals surface area (Å²) in [5.74, 6) is 0.454. The van der Waals surface area contributed by atoms with Crippen molar-refractivity contribution in [3.63, 3.8) is 0 Å². The molecule has 0 spiro atoms. The molecule has 3 heteroatoms. The third-order valence-corrected chi connectivity index (χ3v) is 3.83. The Kier molecular flexibility index (Phi) is 3.92. The van der Waals surface area contributed by atoms with Gasteiger partial charge in [-0.25, -0.2) is 0 Å². The van der Waals surface area contributed by atoms with Gasteiger partial charge >= 0.3 is 5.97 Å². The molecule has 1 unspecified atom stereocenters. The molecular weight excluding hydrogens is 172 g/mol. The van der Waals surface area contributed by atoms with Gasteiger partial charge in [0.25, 0.3) is 0 Å². The molecule has 0 aliphatic carbocycles. The molecule has 1 aliphatic heterocycles. The Hall–Kier alpha value is -0.180. The Balaban J connectivity index is 2.11. The molecule has 2 atom stereocenters. The molecule has 2 nitrogen and oxygen atoms in total. The number of hydrogen-bond donors (Lipinski definition) is 1. The first-order valence-corrected chi connectivity index (χ1v) is 5.59. The monoisotopic (exact) mass is 188 g/mol. The zero-order valence-electron chi connectivity index (χ0n) is 7.45. The van der Waals surface area contributed by atoms with Crippen LogP contribution in [0.1, 0.15) is 32.6 Å². The average Bonchev–Trinajstić information content (AvgIpc) is 2.51. The quantitative estimate of drug-likeness (QED) is 0.736. The maximum Gasteiger partial charge on any atom is 0.306 e. The van der Waals surface area contributed by atoms with Crippen LogP contribution in [0.25, 0.3) is 0 Å². The minimum atomic E-state index is -0.655. The molecule has 1 heterocycles. The highest BCUT2D eigenvalue weighted by Crippen LogP contribution is 2.30. The van der Waals surface area contributed by atoms with Gasteiger partial charge in [0.1, 0.15) is 0 Å². The molecule has 1 rings (SSSR count). The summed E-state index contributed by atoms with van der Waals surface area (Å²) in [6.45, 7) is 1.79. The van der Waals surface area contributed by atoms with Crippen molar-refractivity contribution < 1.29 is 9.90 Å². The Morgan fingerprint density at radius 3 is 3.00 bits per heavy atom. The fraction of sp³-hybridized carbons (Fsp3) is 0.889. The van der Waals surface area contributed by atoms with Gasteiger partial charge in [0.2, 0.25) is 0 Å². The molecule has 1 fully saturated rings. The topological polar surface area (TPSA) is 37.3 Å². The van der Waals surface area contributed by atoms with E-state index in [-0.39, 0.29) is 5.92 Å². The van der Waals surface area contributed by atoms with Crippen molar-refractivity contribution in [3.8, 4) is 0 Å². The highest BCUT2D eigenvalue weighted by atomic mass is 32.2. The van der Waals surface area contributed by atoms with E-state index in [4.69, 9.17) is 5.11 Å². The Morgan fingerprint density at radius 2 is 2.50 bits per heavy atom. The average molecular weight is 188 g/mol. The maximum absolute atomic E-state index is 10.5. The lowest BCUT2D eigenvalue weighted by molar-refractivity contribution is -0.141. The smallest absolute Gasteiger partial charge is 0.306 e. The number of thioether (sulfide) groups is 1. The van der Waals surface area contributed by atoms with Gasteiger partial charge < -0.3 is 5.11 Å². The second kappa shape index (κ2) is 4.75. The van der Waals surface area contributed by atoms with Gasteiger partial charge in [0.15, 0.2) is 0 Å². The summed E-state index contributed by atoms with van der Waals surface area (Å²) in [6, 6.07) is 0. The van der Waals surface area contributed by atoms with Crippen LogP contribution in [0.4, 0.5) is 0 Å². The van der Waals surface area contributed by atoms with Crippen molar-refractivity contribution in [3.05, 3.63) is 0 Å². The molecule has 0 radical (unpaired) electrons. The summed E-state index contributed by atoms with van der Waals surface area (Å²) in [4.78, 5) is 10.5. The molecule has 0 aromatic carbocycles. The van der Waals surface area contributed by atoms with E-state index in [1.165, 1.54) is 18.6 Å². The number of aliphatic carboxylic acids is 1. The summed E-state index contributed by atoms with van der Waals surface area (Å²) < 4.78 is 0. The van der Waals surface area contributed by atoms with Crippen LogP contribution in [0, 0.1) is 5.92 Å². The van der Waals surface area contributed by atoms with Crippen molar-refractivity contribution in [2.24, 2.45) is 5.92 Å². The predicted molar refractivity (Wildman–Crippen MR) is 51.5 cm³/mol. The van der Waals surface area contributed by atoms with E-state index in [1.54, 1.807) is 6.92 Å². The van der Waals surface area contributed by atoms with Crippen LogP contribution in [0.3, 0.4) is 0 Å². The van der Waals surface area contributed by atoms with E-state index in [0.29, 0.717) is 0 Å². The highest BCUT2D eigenvalue weighted by molar-refractivity contribution is 8.00. The molecule has 0 bridgehead atoms. The number of hydrogen-bond acceptors (Lipinski definition) is 2. The van der Waals surface area contributed by atoms with Gasteiger partial charge in [-0.1, -0.05) is 6.92 Å².